The van der Waals surface area contributed by atoms with Crippen LogP contribution in [0, 0.1) is 46.3 Å². The lowest BCUT2D eigenvalue weighted by molar-refractivity contribution is -0.172. The van der Waals surface area contributed by atoms with Gasteiger partial charge in [-0.2, -0.15) is 0 Å². The molecule has 4 fully saturated rings. The van der Waals surface area contributed by atoms with E-state index >= 15 is 0 Å². The van der Waals surface area contributed by atoms with Crippen molar-refractivity contribution in [1.29, 1.82) is 0 Å². The number of esters is 2. The summed E-state index contributed by atoms with van der Waals surface area (Å²) in [5.41, 5.74) is 1.29. The van der Waals surface area contributed by atoms with Crippen LogP contribution in [0.2, 0.25) is 0 Å². The topological polar surface area (TPSA) is 105 Å². The van der Waals surface area contributed by atoms with E-state index in [1.165, 1.54) is 26.2 Å². The number of rotatable bonds is 10. The maximum absolute atomic E-state index is 12.6. The number of ketones is 1. The van der Waals surface area contributed by atoms with Crippen molar-refractivity contribution in [3.05, 3.63) is 35.9 Å². The van der Waals surface area contributed by atoms with Crippen molar-refractivity contribution in [1.82, 2.24) is 0 Å². The summed E-state index contributed by atoms with van der Waals surface area (Å²) in [7, 11) is 0. The number of carbonyl (C=O) groups is 4. The first kappa shape index (κ1) is 33.5. The second kappa shape index (κ2) is 13.8. The first-order valence-electron chi connectivity index (χ1n) is 17.2. The van der Waals surface area contributed by atoms with Crippen LogP contribution in [0.5, 0.6) is 0 Å². The van der Waals surface area contributed by atoms with Gasteiger partial charge in [-0.25, -0.2) is 4.79 Å². The van der Waals surface area contributed by atoms with Crippen LogP contribution in [-0.4, -0.2) is 36.3 Å². The number of carbonyl (C=O) groups excluding carboxylic acids is 4. The van der Waals surface area contributed by atoms with Gasteiger partial charge in [0.1, 0.15) is 18.5 Å². The lowest BCUT2D eigenvalue weighted by Crippen LogP contribution is -2.54. The molecule has 0 heterocycles. The fourth-order valence-corrected chi connectivity index (χ4v) is 9.99. The Labute approximate surface area is 268 Å². The van der Waals surface area contributed by atoms with Crippen LogP contribution in [0.15, 0.2) is 30.3 Å². The molecule has 1 aromatic rings. The van der Waals surface area contributed by atoms with Crippen LogP contribution in [0.4, 0.5) is 4.79 Å². The predicted octanol–water partition coefficient (Wildman–Crippen LogP) is 7.81. The predicted molar refractivity (Wildman–Crippen MR) is 167 cm³/mol. The van der Waals surface area contributed by atoms with Gasteiger partial charge >= 0.3 is 18.1 Å². The third-order valence-electron chi connectivity index (χ3n) is 12.2. The third-order valence-corrected chi connectivity index (χ3v) is 12.2. The Bertz CT molecular complexity index is 1230. The van der Waals surface area contributed by atoms with Crippen LogP contribution in [0.25, 0.3) is 0 Å². The summed E-state index contributed by atoms with van der Waals surface area (Å²) in [6.07, 6.45) is 7.53. The Hall–Kier alpha value is -2.90. The number of ether oxygens (including phenoxy) is 4. The van der Waals surface area contributed by atoms with Crippen LogP contribution in [-0.2, 0) is 39.9 Å². The van der Waals surface area contributed by atoms with Crippen LogP contribution < -0.4 is 0 Å². The third kappa shape index (κ3) is 7.41. The van der Waals surface area contributed by atoms with Gasteiger partial charge in [0, 0.05) is 25.7 Å². The summed E-state index contributed by atoms with van der Waals surface area (Å²) < 4.78 is 21.6. The van der Waals surface area contributed by atoms with E-state index in [-0.39, 0.29) is 54.2 Å². The zero-order chi connectivity index (χ0) is 32.4. The van der Waals surface area contributed by atoms with Crippen LogP contribution >= 0.6 is 0 Å². The number of benzene rings is 1. The molecule has 3 unspecified atom stereocenters. The molecule has 0 bridgehead atoms. The highest BCUT2D eigenvalue weighted by Gasteiger charge is 2.61. The molecular formula is C37H52O8. The van der Waals surface area contributed by atoms with Gasteiger partial charge in [0.25, 0.3) is 0 Å². The monoisotopic (exact) mass is 624 g/mol. The molecule has 10 atom stereocenters. The van der Waals surface area contributed by atoms with Gasteiger partial charge in [-0.05, 0) is 111 Å². The Kier molecular flexibility index (Phi) is 10.3. The summed E-state index contributed by atoms with van der Waals surface area (Å²) >= 11 is 0. The minimum atomic E-state index is -1.09. The molecule has 0 saturated heterocycles. The van der Waals surface area contributed by atoms with E-state index in [0.717, 1.165) is 44.1 Å². The standard InChI is InChI=1S/C37H52O8/c1-23(19-33(39)42-22-26-9-7-6-8-10-26)20-34(40)43-25(3)44-35(41)45-28-15-17-36(4)27(21-28)11-12-29-31-14-13-30(24(2)38)37(31,5)18-16-32(29)36/h6-10,23,25,27-32H,11-22H2,1-5H3/t23?,25?,27-,28+,29-,30?,31-,32-,36-,37+/m0/s1. The zero-order valence-corrected chi connectivity index (χ0v) is 27.8. The normalized spacial score (nSPS) is 35.0. The van der Waals surface area contributed by atoms with Gasteiger partial charge in [0.2, 0.25) is 6.29 Å². The van der Waals surface area contributed by atoms with Crippen LogP contribution in [0.3, 0.4) is 0 Å². The lowest BCUT2D eigenvalue weighted by atomic mass is 9.44. The molecule has 5 rings (SSSR count). The average molecular weight is 625 g/mol. The van der Waals surface area contributed by atoms with E-state index in [1.807, 2.05) is 30.3 Å². The van der Waals surface area contributed by atoms with E-state index in [0.29, 0.717) is 29.5 Å². The van der Waals surface area contributed by atoms with Gasteiger partial charge in [-0.1, -0.05) is 51.1 Å². The Morgan fingerprint density at radius 3 is 2.24 bits per heavy atom. The Morgan fingerprint density at radius 1 is 0.822 bits per heavy atom. The summed E-state index contributed by atoms with van der Waals surface area (Å²) in [5, 5.41) is 0. The van der Waals surface area contributed by atoms with E-state index in [4.69, 9.17) is 18.9 Å². The molecule has 4 aliphatic rings. The van der Waals surface area contributed by atoms with E-state index < -0.39 is 18.4 Å². The molecule has 4 aliphatic carbocycles. The van der Waals surface area contributed by atoms with Crippen molar-refractivity contribution >= 4 is 23.9 Å². The molecule has 4 saturated carbocycles. The first-order valence-corrected chi connectivity index (χ1v) is 17.2. The Balaban J connectivity index is 1.03. The summed E-state index contributed by atoms with van der Waals surface area (Å²) in [6.45, 7) is 10.1. The first-order chi connectivity index (χ1) is 21.4. The highest BCUT2D eigenvalue weighted by atomic mass is 16.8. The number of fused-ring (bicyclic) bond motifs is 5. The molecule has 8 nitrogen and oxygen atoms in total. The summed E-state index contributed by atoms with van der Waals surface area (Å²) in [6, 6.07) is 9.41. The largest absolute Gasteiger partial charge is 0.511 e. The molecule has 0 radical (unpaired) electrons. The Morgan fingerprint density at radius 2 is 1.51 bits per heavy atom. The van der Waals surface area contributed by atoms with Crippen molar-refractivity contribution < 1.29 is 38.1 Å². The molecule has 0 spiro atoms. The van der Waals surface area contributed by atoms with Gasteiger partial charge < -0.3 is 18.9 Å². The summed E-state index contributed by atoms with van der Waals surface area (Å²) in [4.78, 5) is 49.7. The van der Waals surface area contributed by atoms with Crippen molar-refractivity contribution in [3.8, 4) is 0 Å². The molecule has 8 heteroatoms. The molecule has 0 aliphatic heterocycles. The number of hydrogen-bond acceptors (Lipinski definition) is 8. The maximum atomic E-state index is 12.6. The molecule has 0 amide bonds. The molecule has 1 aromatic carbocycles. The van der Waals surface area contributed by atoms with Crippen molar-refractivity contribution in [2.45, 2.75) is 124 Å². The molecule has 248 valence electrons. The van der Waals surface area contributed by atoms with E-state index in [2.05, 4.69) is 13.8 Å². The van der Waals surface area contributed by atoms with Crippen LogP contribution in [0.1, 0.15) is 111 Å². The molecule has 0 aromatic heterocycles. The lowest BCUT2D eigenvalue weighted by Gasteiger charge is -2.61. The highest BCUT2D eigenvalue weighted by Crippen LogP contribution is 2.67. The smallest absolute Gasteiger partial charge is 0.461 e. The van der Waals surface area contributed by atoms with Gasteiger partial charge in [0.05, 0.1) is 0 Å². The van der Waals surface area contributed by atoms with Gasteiger partial charge in [-0.15, -0.1) is 0 Å². The maximum Gasteiger partial charge on any atom is 0.511 e. The molecular weight excluding hydrogens is 572 g/mol. The molecule has 45 heavy (non-hydrogen) atoms. The fourth-order valence-electron chi connectivity index (χ4n) is 9.99. The van der Waals surface area contributed by atoms with Crippen molar-refractivity contribution in [2.24, 2.45) is 46.3 Å². The second-order valence-corrected chi connectivity index (χ2v) is 15.0. The van der Waals surface area contributed by atoms with Crippen molar-refractivity contribution in [3.63, 3.8) is 0 Å². The highest BCUT2D eigenvalue weighted by molar-refractivity contribution is 5.79. The second-order valence-electron chi connectivity index (χ2n) is 15.0. The minimum absolute atomic E-state index is 0.00362. The minimum Gasteiger partial charge on any atom is -0.461 e. The summed E-state index contributed by atoms with van der Waals surface area (Å²) in [5.74, 6) is 1.88. The van der Waals surface area contributed by atoms with Crippen molar-refractivity contribution in [2.75, 3.05) is 0 Å². The fraction of sp³-hybridized carbons (Fsp3) is 0.730. The van der Waals surface area contributed by atoms with E-state index in [9.17, 15) is 19.2 Å². The number of Topliss-reactive ketones (excluding diaryl/α,β-unsaturated/α-hetero) is 1. The molecule has 0 N–H and O–H groups in total. The SMILES string of the molecule is CC(=O)C1CC[C@H]2[C@@H]3CC[C@H]4C[C@H](OC(=O)OC(C)OC(=O)CC(C)CC(=O)OCc5ccccc5)CC[C@]4(C)[C@H]3CC[C@]12C. The average Bonchev–Trinajstić information content (AvgIpc) is 3.34. The quantitative estimate of drug-likeness (QED) is 0.147. The van der Waals surface area contributed by atoms with Gasteiger partial charge in [0.15, 0.2) is 0 Å². The van der Waals surface area contributed by atoms with Gasteiger partial charge in [-0.3, -0.25) is 14.4 Å². The zero-order valence-electron chi connectivity index (χ0n) is 27.8. The number of hydrogen-bond donors (Lipinski definition) is 0. The van der Waals surface area contributed by atoms with E-state index in [1.54, 1.807) is 13.8 Å².